The fraction of sp³-hybridized carbons (Fsp3) is 0.393. The Hall–Kier alpha value is -3.43. The minimum atomic E-state index is -0.527. The standard InChI is InChI=1S/C28H29F2N7/c1-34-10-12-35(13-11-34)18-19-2-5-25(31-16-19)22-17-32-37-9-7-26(33-27(22)37)36-8-6-20-15-28(20,36)23-14-21(29)3-4-24(23)30/h2-5,7,9,14,16-17,20H,6,8,10-13,15,18H2,1H3/t20-,28+/m0/s1. The van der Waals surface area contributed by atoms with E-state index in [1.54, 1.807) is 10.7 Å². The first-order valence-corrected chi connectivity index (χ1v) is 12.9. The number of hydrogen-bond acceptors (Lipinski definition) is 6. The molecule has 1 saturated carbocycles. The van der Waals surface area contributed by atoms with Crippen molar-refractivity contribution in [3.05, 3.63) is 77.8 Å². The average Bonchev–Trinajstić information content (AvgIpc) is 3.29. The van der Waals surface area contributed by atoms with E-state index < -0.39 is 11.4 Å². The maximum atomic E-state index is 14.8. The summed E-state index contributed by atoms with van der Waals surface area (Å²) in [4.78, 5) is 16.7. The van der Waals surface area contributed by atoms with Crippen molar-refractivity contribution in [2.45, 2.75) is 24.9 Å². The summed E-state index contributed by atoms with van der Waals surface area (Å²) in [7, 11) is 2.16. The van der Waals surface area contributed by atoms with Gasteiger partial charge >= 0.3 is 0 Å². The number of pyridine rings is 1. The lowest BCUT2D eigenvalue weighted by atomic mass is 10.0. The highest BCUT2D eigenvalue weighted by atomic mass is 19.1. The Bertz CT molecular complexity index is 1460. The molecule has 3 aliphatic rings. The van der Waals surface area contributed by atoms with E-state index in [0.717, 1.165) is 69.2 Å². The minimum absolute atomic E-state index is 0.306. The number of rotatable bonds is 5. The monoisotopic (exact) mass is 501 g/mol. The van der Waals surface area contributed by atoms with Gasteiger partial charge in [-0.25, -0.2) is 18.3 Å². The summed E-state index contributed by atoms with van der Waals surface area (Å²) in [5.74, 6) is 0.292. The van der Waals surface area contributed by atoms with Crippen molar-refractivity contribution in [1.82, 2.24) is 29.4 Å². The summed E-state index contributed by atoms with van der Waals surface area (Å²) in [6.45, 7) is 5.97. The van der Waals surface area contributed by atoms with Crippen molar-refractivity contribution in [2.75, 3.05) is 44.7 Å². The lowest BCUT2D eigenvalue weighted by Crippen LogP contribution is -2.43. The molecule has 2 saturated heterocycles. The van der Waals surface area contributed by atoms with E-state index in [1.165, 1.54) is 23.8 Å². The lowest BCUT2D eigenvalue weighted by molar-refractivity contribution is 0.148. The third-order valence-corrected chi connectivity index (χ3v) is 8.38. The van der Waals surface area contributed by atoms with Gasteiger partial charge < -0.3 is 9.80 Å². The molecule has 190 valence electrons. The zero-order chi connectivity index (χ0) is 25.1. The molecule has 0 radical (unpaired) electrons. The Morgan fingerprint density at radius 3 is 2.65 bits per heavy atom. The highest BCUT2D eigenvalue weighted by molar-refractivity contribution is 5.75. The third-order valence-electron chi connectivity index (χ3n) is 8.38. The first-order valence-electron chi connectivity index (χ1n) is 12.9. The predicted molar refractivity (Wildman–Crippen MR) is 137 cm³/mol. The van der Waals surface area contributed by atoms with Crippen LogP contribution in [0.1, 0.15) is 24.0 Å². The SMILES string of the molecule is CN1CCN(Cc2ccc(-c3cnn4ccc(N5CC[C@H]6C[C@]65c5cc(F)ccc5F)nc34)nc2)CC1. The maximum absolute atomic E-state index is 14.8. The highest BCUT2D eigenvalue weighted by Gasteiger charge is 2.64. The Labute approximate surface area is 214 Å². The molecule has 7 nitrogen and oxygen atoms in total. The van der Waals surface area contributed by atoms with Crippen LogP contribution in [0, 0.1) is 17.6 Å². The molecule has 7 rings (SSSR count). The fourth-order valence-corrected chi connectivity index (χ4v) is 6.23. The molecule has 4 aromatic rings. The van der Waals surface area contributed by atoms with Gasteiger partial charge in [0.05, 0.1) is 23.0 Å². The number of anilines is 1. The summed E-state index contributed by atoms with van der Waals surface area (Å²) >= 11 is 0. The first kappa shape index (κ1) is 22.7. The van der Waals surface area contributed by atoms with Crippen molar-refractivity contribution >= 4 is 11.5 Å². The number of halogens is 2. The molecule has 0 bridgehead atoms. The van der Waals surface area contributed by atoms with Crippen molar-refractivity contribution in [1.29, 1.82) is 0 Å². The molecule has 9 heteroatoms. The maximum Gasteiger partial charge on any atom is 0.166 e. The van der Waals surface area contributed by atoms with Gasteiger partial charge in [-0.15, -0.1) is 0 Å². The first-order chi connectivity index (χ1) is 18.0. The number of piperidine rings is 1. The summed E-state index contributed by atoms with van der Waals surface area (Å²) < 4.78 is 30.6. The molecular formula is C28H29F2N7. The largest absolute Gasteiger partial charge is 0.346 e. The van der Waals surface area contributed by atoms with Gasteiger partial charge in [0, 0.05) is 57.2 Å². The molecule has 3 aromatic heterocycles. The van der Waals surface area contributed by atoms with Crippen LogP contribution in [0.15, 0.2) is 55.0 Å². The molecule has 2 aliphatic heterocycles. The van der Waals surface area contributed by atoms with Crippen LogP contribution >= 0.6 is 0 Å². The van der Waals surface area contributed by atoms with E-state index in [9.17, 15) is 8.78 Å². The van der Waals surface area contributed by atoms with E-state index >= 15 is 0 Å². The second-order valence-electron chi connectivity index (χ2n) is 10.6. The van der Waals surface area contributed by atoms with Crippen LogP contribution in [0.3, 0.4) is 0 Å². The van der Waals surface area contributed by atoms with Gasteiger partial charge in [0.15, 0.2) is 5.65 Å². The zero-order valence-corrected chi connectivity index (χ0v) is 20.8. The highest BCUT2D eigenvalue weighted by Crippen LogP contribution is 2.63. The minimum Gasteiger partial charge on any atom is -0.346 e. The van der Waals surface area contributed by atoms with Gasteiger partial charge in [0.25, 0.3) is 0 Å². The van der Waals surface area contributed by atoms with E-state index in [0.29, 0.717) is 17.1 Å². The van der Waals surface area contributed by atoms with Crippen LogP contribution in [0.5, 0.6) is 0 Å². The molecular weight excluding hydrogens is 472 g/mol. The summed E-state index contributed by atoms with van der Waals surface area (Å²) in [6.07, 6.45) is 7.36. The molecule has 37 heavy (non-hydrogen) atoms. The molecule has 0 unspecified atom stereocenters. The van der Waals surface area contributed by atoms with Crippen LogP contribution in [0.25, 0.3) is 16.9 Å². The van der Waals surface area contributed by atoms with E-state index in [-0.39, 0.29) is 5.82 Å². The van der Waals surface area contributed by atoms with Crippen LogP contribution in [-0.4, -0.2) is 69.2 Å². The van der Waals surface area contributed by atoms with Gasteiger partial charge in [-0.1, -0.05) is 6.07 Å². The summed E-state index contributed by atoms with van der Waals surface area (Å²) in [5.41, 5.74) is 3.47. The van der Waals surface area contributed by atoms with Crippen LogP contribution < -0.4 is 4.90 Å². The van der Waals surface area contributed by atoms with Gasteiger partial charge in [-0.2, -0.15) is 5.10 Å². The van der Waals surface area contributed by atoms with Crippen molar-refractivity contribution in [2.24, 2.45) is 5.92 Å². The number of nitrogens with zero attached hydrogens (tertiary/aromatic N) is 7. The molecule has 5 heterocycles. The Kier molecular flexibility index (Phi) is 5.26. The molecule has 1 aromatic carbocycles. The Balaban J connectivity index is 1.18. The second kappa shape index (κ2) is 8.56. The average molecular weight is 502 g/mol. The van der Waals surface area contributed by atoms with Crippen LogP contribution in [-0.2, 0) is 12.1 Å². The number of hydrogen-bond donors (Lipinski definition) is 0. The molecule has 0 N–H and O–H groups in total. The third kappa shape index (κ3) is 3.79. The summed E-state index contributed by atoms with van der Waals surface area (Å²) in [6, 6.07) is 9.84. The Morgan fingerprint density at radius 2 is 1.86 bits per heavy atom. The van der Waals surface area contributed by atoms with Gasteiger partial charge in [-0.3, -0.25) is 9.88 Å². The fourth-order valence-electron chi connectivity index (χ4n) is 6.23. The molecule has 1 aliphatic carbocycles. The molecule has 3 fully saturated rings. The van der Waals surface area contributed by atoms with Crippen molar-refractivity contribution < 1.29 is 8.78 Å². The van der Waals surface area contributed by atoms with E-state index in [4.69, 9.17) is 9.97 Å². The number of aromatic nitrogens is 4. The second-order valence-corrected chi connectivity index (χ2v) is 10.6. The number of likely N-dealkylation sites (N-methyl/N-ethyl adjacent to an activating group) is 1. The smallest absolute Gasteiger partial charge is 0.166 e. The van der Waals surface area contributed by atoms with Gasteiger partial charge in [0.2, 0.25) is 0 Å². The van der Waals surface area contributed by atoms with E-state index in [2.05, 4.69) is 32.9 Å². The number of piperazine rings is 1. The Morgan fingerprint density at radius 1 is 1.00 bits per heavy atom. The number of fused-ring (bicyclic) bond motifs is 2. The van der Waals surface area contributed by atoms with E-state index in [1.807, 2.05) is 24.5 Å². The quantitative estimate of drug-likeness (QED) is 0.413. The van der Waals surface area contributed by atoms with Gasteiger partial charge in [-0.05, 0) is 61.7 Å². The number of benzene rings is 1. The molecule has 0 spiro atoms. The van der Waals surface area contributed by atoms with Crippen molar-refractivity contribution in [3.8, 4) is 11.3 Å². The summed E-state index contributed by atoms with van der Waals surface area (Å²) in [5, 5.41) is 4.49. The topological polar surface area (TPSA) is 52.8 Å². The normalized spacial score (nSPS) is 24.1. The molecule has 2 atom stereocenters. The lowest BCUT2D eigenvalue weighted by Gasteiger charge is -2.32. The molecule has 0 amide bonds. The predicted octanol–water partition coefficient (Wildman–Crippen LogP) is 3.94. The van der Waals surface area contributed by atoms with Crippen LogP contribution in [0.4, 0.5) is 14.6 Å². The van der Waals surface area contributed by atoms with Crippen LogP contribution in [0.2, 0.25) is 0 Å². The van der Waals surface area contributed by atoms with Crippen molar-refractivity contribution in [3.63, 3.8) is 0 Å². The zero-order valence-electron chi connectivity index (χ0n) is 20.8. The van der Waals surface area contributed by atoms with Gasteiger partial charge in [0.1, 0.15) is 17.5 Å².